The Morgan fingerprint density at radius 3 is 2.48 bits per heavy atom. The largest absolute Gasteiger partial charge is 0.495 e. The number of carbonyl (C=O) groups excluding carboxylic acids is 2. The zero-order valence-electron chi connectivity index (χ0n) is 16.3. The summed E-state index contributed by atoms with van der Waals surface area (Å²) in [6, 6.07) is 16.5. The molecule has 0 atom stereocenters. The number of nitrogens with zero attached hydrogens (tertiary/aromatic N) is 2. The Labute approximate surface area is 168 Å². The Morgan fingerprint density at radius 1 is 1.07 bits per heavy atom. The van der Waals surface area contributed by atoms with Gasteiger partial charge < -0.3 is 15.4 Å². The van der Waals surface area contributed by atoms with E-state index in [2.05, 4.69) is 15.7 Å². The van der Waals surface area contributed by atoms with Crippen molar-refractivity contribution in [3.63, 3.8) is 0 Å². The first kappa shape index (κ1) is 18.7. The maximum atomic E-state index is 13.2. The summed E-state index contributed by atoms with van der Waals surface area (Å²) in [4.78, 5) is 24.5. The molecule has 29 heavy (non-hydrogen) atoms. The number of anilines is 2. The summed E-state index contributed by atoms with van der Waals surface area (Å²) in [5.74, 6) is 0.431. The molecule has 4 rings (SSSR count). The molecule has 7 heteroatoms. The number of rotatable bonds is 6. The lowest BCUT2D eigenvalue weighted by molar-refractivity contribution is -0.114. The predicted molar refractivity (Wildman–Crippen MR) is 111 cm³/mol. The van der Waals surface area contributed by atoms with Gasteiger partial charge in [-0.3, -0.25) is 9.59 Å². The van der Waals surface area contributed by atoms with Gasteiger partial charge in [-0.1, -0.05) is 18.2 Å². The molecule has 3 aromatic rings. The summed E-state index contributed by atoms with van der Waals surface area (Å²) >= 11 is 0. The molecule has 2 N–H and O–H groups in total. The molecule has 2 amide bonds. The second-order valence-corrected chi connectivity index (χ2v) is 7.03. The number of amides is 2. The van der Waals surface area contributed by atoms with E-state index in [9.17, 15) is 9.59 Å². The first-order valence-corrected chi connectivity index (χ1v) is 9.47. The van der Waals surface area contributed by atoms with Crippen molar-refractivity contribution in [3.8, 4) is 11.4 Å². The van der Waals surface area contributed by atoms with Crippen LogP contribution in [0.2, 0.25) is 0 Å². The summed E-state index contributed by atoms with van der Waals surface area (Å²) in [5.41, 5.74) is 3.24. The minimum atomic E-state index is -0.300. The lowest BCUT2D eigenvalue weighted by Gasteiger charge is -2.13. The fourth-order valence-electron chi connectivity index (χ4n) is 3.18. The molecule has 0 bridgehead atoms. The molecule has 0 unspecified atom stereocenters. The summed E-state index contributed by atoms with van der Waals surface area (Å²) in [5, 5.41) is 10.3. The molecular formula is C22H22N4O3. The van der Waals surface area contributed by atoms with Gasteiger partial charge in [-0.25, -0.2) is 4.68 Å². The van der Waals surface area contributed by atoms with E-state index >= 15 is 0 Å². The molecule has 1 saturated carbocycles. The molecule has 1 aliphatic carbocycles. The van der Waals surface area contributed by atoms with Gasteiger partial charge in [0.2, 0.25) is 5.91 Å². The standard InChI is InChI=1S/C22H22N4O3/c1-14(27)23-16-10-11-21(29-2)19(12-16)24-22(28)20-13-18(15-8-9-15)25-26(20)17-6-4-3-5-7-17/h3-7,10-13,15H,8-9H2,1-2H3,(H,23,27)(H,24,28). The van der Waals surface area contributed by atoms with E-state index in [0.717, 1.165) is 24.2 Å². The number of benzene rings is 2. The number of hydrogen-bond donors (Lipinski definition) is 2. The smallest absolute Gasteiger partial charge is 0.274 e. The summed E-state index contributed by atoms with van der Waals surface area (Å²) < 4.78 is 7.03. The average Bonchev–Trinajstić information content (AvgIpc) is 3.46. The second-order valence-electron chi connectivity index (χ2n) is 7.03. The van der Waals surface area contributed by atoms with Crippen molar-refractivity contribution in [1.82, 2.24) is 9.78 Å². The van der Waals surface area contributed by atoms with Gasteiger partial charge in [-0.2, -0.15) is 5.10 Å². The van der Waals surface area contributed by atoms with E-state index in [1.807, 2.05) is 36.4 Å². The highest BCUT2D eigenvalue weighted by atomic mass is 16.5. The first-order chi connectivity index (χ1) is 14.0. The van der Waals surface area contributed by atoms with Crippen LogP contribution in [0.3, 0.4) is 0 Å². The lowest BCUT2D eigenvalue weighted by atomic mass is 10.2. The fraction of sp³-hybridized carbons (Fsp3) is 0.227. The molecule has 0 saturated heterocycles. The van der Waals surface area contributed by atoms with Crippen molar-refractivity contribution in [1.29, 1.82) is 0 Å². The molecule has 7 nitrogen and oxygen atoms in total. The van der Waals surface area contributed by atoms with Crippen LogP contribution in [-0.2, 0) is 4.79 Å². The average molecular weight is 390 g/mol. The van der Waals surface area contributed by atoms with Gasteiger partial charge >= 0.3 is 0 Å². The Bertz CT molecular complexity index is 1060. The van der Waals surface area contributed by atoms with Crippen LogP contribution in [0.15, 0.2) is 54.6 Å². The molecule has 1 fully saturated rings. The number of nitrogens with one attached hydrogen (secondary N) is 2. The zero-order chi connectivity index (χ0) is 20.4. The van der Waals surface area contributed by atoms with Crippen LogP contribution in [-0.4, -0.2) is 28.7 Å². The summed E-state index contributed by atoms with van der Waals surface area (Å²) in [6.07, 6.45) is 2.19. The van der Waals surface area contributed by atoms with Crippen LogP contribution in [0.1, 0.15) is 41.9 Å². The van der Waals surface area contributed by atoms with Gasteiger partial charge in [0, 0.05) is 18.5 Å². The van der Waals surface area contributed by atoms with Crippen LogP contribution in [0.5, 0.6) is 5.75 Å². The van der Waals surface area contributed by atoms with Crippen molar-refractivity contribution < 1.29 is 14.3 Å². The molecule has 0 aliphatic heterocycles. The Hall–Kier alpha value is -3.61. The number of carbonyl (C=O) groups is 2. The van der Waals surface area contributed by atoms with E-state index in [1.54, 1.807) is 22.9 Å². The van der Waals surface area contributed by atoms with Crippen LogP contribution >= 0.6 is 0 Å². The van der Waals surface area contributed by atoms with Gasteiger partial charge in [-0.15, -0.1) is 0 Å². The third-order valence-electron chi connectivity index (χ3n) is 4.73. The van der Waals surface area contributed by atoms with Crippen molar-refractivity contribution in [3.05, 3.63) is 66.0 Å². The SMILES string of the molecule is COc1ccc(NC(C)=O)cc1NC(=O)c1cc(C2CC2)nn1-c1ccccc1. The highest BCUT2D eigenvalue weighted by molar-refractivity contribution is 6.05. The van der Waals surface area contributed by atoms with Crippen LogP contribution in [0.4, 0.5) is 11.4 Å². The van der Waals surface area contributed by atoms with E-state index in [4.69, 9.17) is 4.74 Å². The molecule has 0 spiro atoms. The lowest BCUT2D eigenvalue weighted by Crippen LogP contribution is -2.17. The number of ether oxygens (including phenoxy) is 1. The summed E-state index contributed by atoms with van der Waals surface area (Å²) in [7, 11) is 1.53. The molecular weight excluding hydrogens is 368 g/mol. The predicted octanol–water partition coefficient (Wildman–Crippen LogP) is 3.97. The number of methoxy groups -OCH3 is 1. The number of para-hydroxylation sites is 1. The first-order valence-electron chi connectivity index (χ1n) is 9.47. The third-order valence-corrected chi connectivity index (χ3v) is 4.73. The topological polar surface area (TPSA) is 85.2 Å². The van der Waals surface area contributed by atoms with E-state index in [-0.39, 0.29) is 11.8 Å². The van der Waals surface area contributed by atoms with Crippen LogP contribution in [0, 0.1) is 0 Å². The normalized spacial score (nSPS) is 13.0. The van der Waals surface area contributed by atoms with Crippen molar-refractivity contribution in [2.75, 3.05) is 17.7 Å². The van der Waals surface area contributed by atoms with Gasteiger partial charge in [0.1, 0.15) is 11.4 Å². The monoisotopic (exact) mass is 390 g/mol. The van der Waals surface area contributed by atoms with Gasteiger partial charge in [-0.05, 0) is 49.2 Å². The molecule has 2 aromatic carbocycles. The van der Waals surface area contributed by atoms with Gasteiger partial charge in [0.15, 0.2) is 0 Å². The summed E-state index contributed by atoms with van der Waals surface area (Å²) in [6.45, 7) is 1.43. The highest BCUT2D eigenvalue weighted by Gasteiger charge is 2.29. The van der Waals surface area contributed by atoms with Gasteiger partial charge in [0.25, 0.3) is 5.91 Å². The molecule has 148 valence electrons. The van der Waals surface area contributed by atoms with Gasteiger partial charge in [0.05, 0.1) is 24.2 Å². The Kier molecular flexibility index (Phi) is 5.03. The molecule has 1 heterocycles. The van der Waals surface area contributed by atoms with E-state index < -0.39 is 0 Å². The zero-order valence-corrected chi connectivity index (χ0v) is 16.3. The fourth-order valence-corrected chi connectivity index (χ4v) is 3.18. The Balaban J connectivity index is 1.67. The minimum Gasteiger partial charge on any atom is -0.495 e. The van der Waals surface area contributed by atoms with Crippen molar-refractivity contribution >= 4 is 23.2 Å². The molecule has 0 radical (unpaired) electrons. The minimum absolute atomic E-state index is 0.191. The number of hydrogen-bond acceptors (Lipinski definition) is 4. The van der Waals surface area contributed by atoms with Crippen LogP contribution < -0.4 is 15.4 Å². The Morgan fingerprint density at radius 2 is 1.83 bits per heavy atom. The molecule has 1 aliphatic rings. The van der Waals surface area contributed by atoms with E-state index in [0.29, 0.717) is 28.7 Å². The van der Waals surface area contributed by atoms with Crippen molar-refractivity contribution in [2.45, 2.75) is 25.7 Å². The maximum absolute atomic E-state index is 13.2. The van der Waals surface area contributed by atoms with Crippen molar-refractivity contribution in [2.24, 2.45) is 0 Å². The number of aromatic nitrogens is 2. The maximum Gasteiger partial charge on any atom is 0.274 e. The quantitative estimate of drug-likeness (QED) is 0.667. The van der Waals surface area contributed by atoms with E-state index in [1.165, 1.54) is 14.0 Å². The molecule has 1 aromatic heterocycles. The highest BCUT2D eigenvalue weighted by Crippen LogP contribution is 2.40. The second kappa shape index (κ2) is 7.79. The van der Waals surface area contributed by atoms with Crippen LogP contribution in [0.25, 0.3) is 5.69 Å². The third kappa shape index (κ3) is 4.13.